The summed E-state index contributed by atoms with van der Waals surface area (Å²) in [5.41, 5.74) is 5.91. The first-order valence-corrected chi connectivity index (χ1v) is 11.2. The number of hydrogen-bond donors (Lipinski definition) is 3. The number of nitrogens with one attached hydrogen (secondary N) is 2. The molecule has 0 bridgehead atoms. The summed E-state index contributed by atoms with van der Waals surface area (Å²) < 4.78 is 5.61. The average molecular weight is 459 g/mol. The van der Waals surface area contributed by atoms with E-state index in [1.807, 2.05) is 36.4 Å². The minimum Gasteiger partial charge on any atom is -0.480 e. The van der Waals surface area contributed by atoms with Crippen molar-refractivity contribution in [1.82, 2.24) is 5.32 Å². The summed E-state index contributed by atoms with van der Waals surface area (Å²) in [7, 11) is 0. The van der Waals surface area contributed by atoms with Gasteiger partial charge in [-0.25, -0.2) is 4.79 Å². The Morgan fingerprint density at radius 2 is 1.50 bits per heavy atom. The zero-order chi connectivity index (χ0) is 24.1. The molecule has 0 heterocycles. The Balaban J connectivity index is 1.37. The van der Waals surface area contributed by atoms with Gasteiger partial charge in [0.1, 0.15) is 12.6 Å². The summed E-state index contributed by atoms with van der Waals surface area (Å²) in [4.78, 5) is 35.6. The number of para-hydroxylation sites is 1. The molecule has 0 radical (unpaired) electrons. The van der Waals surface area contributed by atoms with Gasteiger partial charge in [-0.15, -0.1) is 0 Å². The van der Waals surface area contributed by atoms with Gasteiger partial charge in [0.2, 0.25) is 5.91 Å². The summed E-state index contributed by atoms with van der Waals surface area (Å²) in [6, 6.07) is 22.5. The molecule has 4 rings (SSSR count). The van der Waals surface area contributed by atoms with Crippen LogP contribution in [0.25, 0.3) is 11.1 Å². The fourth-order valence-corrected chi connectivity index (χ4v) is 4.23. The number of fused-ring (bicyclic) bond motifs is 3. The molecule has 0 saturated heterocycles. The quantitative estimate of drug-likeness (QED) is 0.459. The Bertz CT molecular complexity index is 1180. The van der Waals surface area contributed by atoms with Crippen LogP contribution in [0.2, 0.25) is 0 Å². The number of amides is 2. The lowest BCUT2D eigenvalue weighted by molar-refractivity contribution is -0.141. The molecule has 174 valence electrons. The SMILES string of the molecule is CC(NC(=O)CCc1ccccc1NC(=O)OCC1c2ccccc2-c2ccccc21)C(=O)O. The predicted octanol–water partition coefficient (Wildman–Crippen LogP) is 4.57. The van der Waals surface area contributed by atoms with Crippen LogP contribution in [0.15, 0.2) is 72.8 Å². The molecule has 3 aromatic carbocycles. The lowest BCUT2D eigenvalue weighted by Crippen LogP contribution is -2.38. The van der Waals surface area contributed by atoms with Crippen LogP contribution in [0.3, 0.4) is 0 Å². The molecule has 0 aliphatic heterocycles. The molecule has 0 saturated carbocycles. The molecular formula is C27H26N2O5. The van der Waals surface area contributed by atoms with Gasteiger partial charge in [0, 0.05) is 18.0 Å². The molecule has 0 fully saturated rings. The Kier molecular flexibility index (Phi) is 6.92. The average Bonchev–Trinajstić information content (AvgIpc) is 3.16. The molecule has 0 aromatic heterocycles. The lowest BCUT2D eigenvalue weighted by Gasteiger charge is -2.16. The molecule has 34 heavy (non-hydrogen) atoms. The molecule has 0 spiro atoms. The topological polar surface area (TPSA) is 105 Å². The number of carboxylic acid groups (broad SMARTS) is 1. The van der Waals surface area contributed by atoms with Crippen molar-refractivity contribution in [3.8, 4) is 11.1 Å². The van der Waals surface area contributed by atoms with Crippen molar-refractivity contribution in [3.05, 3.63) is 89.5 Å². The number of aliphatic carboxylic acids is 1. The number of benzene rings is 3. The van der Waals surface area contributed by atoms with E-state index in [2.05, 4.69) is 34.9 Å². The van der Waals surface area contributed by atoms with Crippen molar-refractivity contribution in [2.45, 2.75) is 31.7 Å². The summed E-state index contributed by atoms with van der Waals surface area (Å²) in [5.74, 6) is -1.50. The molecule has 1 aliphatic rings. The highest BCUT2D eigenvalue weighted by Crippen LogP contribution is 2.44. The number of ether oxygens (including phenoxy) is 1. The molecule has 2 amide bonds. The van der Waals surface area contributed by atoms with Gasteiger partial charge in [0.05, 0.1) is 0 Å². The summed E-state index contributed by atoms with van der Waals surface area (Å²) >= 11 is 0. The van der Waals surface area contributed by atoms with Crippen molar-refractivity contribution in [2.75, 3.05) is 11.9 Å². The van der Waals surface area contributed by atoms with Crippen LogP contribution in [-0.4, -0.2) is 35.7 Å². The second-order valence-electron chi connectivity index (χ2n) is 8.24. The van der Waals surface area contributed by atoms with Gasteiger partial charge < -0.3 is 15.2 Å². The van der Waals surface area contributed by atoms with Crippen LogP contribution in [0, 0.1) is 0 Å². The minimum atomic E-state index is -1.09. The smallest absolute Gasteiger partial charge is 0.411 e. The van der Waals surface area contributed by atoms with E-state index in [0.717, 1.165) is 27.8 Å². The van der Waals surface area contributed by atoms with Crippen molar-refractivity contribution in [2.24, 2.45) is 0 Å². The van der Waals surface area contributed by atoms with Gasteiger partial charge in [0.15, 0.2) is 0 Å². The fourth-order valence-electron chi connectivity index (χ4n) is 4.23. The van der Waals surface area contributed by atoms with E-state index in [9.17, 15) is 14.4 Å². The molecule has 3 aromatic rings. The highest BCUT2D eigenvalue weighted by Gasteiger charge is 2.29. The van der Waals surface area contributed by atoms with Gasteiger partial charge in [-0.3, -0.25) is 14.9 Å². The molecule has 1 aliphatic carbocycles. The normalized spacial score (nSPS) is 12.9. The number of carboxylic acids is 1. The van der Waals surface area contributed by atoms with Crippen molar-refractivity contribution in [3.63, 3.8) is 0 Å². The van der Waals surface area contributed by atoms with E-state index in [4.69, 9.17) is 9.84 Å². The third-order valence-corrected chi connectivity index (χ3v) is 5.97. The maximum atomic E-state index is 12.6. The Morgan fingerprint density at radius 3 is 2.15 bits per heavy atom. The second-order valence-corrected chi connectivity index (χ2v) is 8.24. The minimum absolute atomic E-state index is 0.0340. The van der Waals surface area contributed by atoms with E-state index in [1.165, 1.54) is 6.92 Å². The van der Waals surface area contributed by atoms with Crippen LogP contribution in [0.1, 0.15) is 36.0 Å². The van der Waals surface area contributed by atoms with Crippen molar-refractivity contribution in [1.29, 1.82) is 0 Å². The van der Waals surface area contributed by atoms with Crippen molar-refractivity contribution < 1.29 is 24.2 Å². The van der Waals surface area contributed by atoms with Gasteiger partial charge in [0.25, 0.3) is 0 Å². The Hall–Kier alpha value is -4.13. The lowest BCUT2D eigenvalue weighted by atomic mass is 9.98. The maximum absolute atomic E-state index is 12.6. The molecule has 7 heteroatoms. The van der Waals surface area contributed by atoms with Gasteiger partial charge in [-0.1, -0.05) is 66.7 Å². The first-order chi connectivity index (χ1) is 16.4. The zero-order valence-electron chi connectivity index (χ0n) is 18.8. The second kappa shape index (κ2) is 10.2. The van der Waals surface area contributed by atoms with Gasteiger partial charge in [-0.05, 0) is 47.2 Å². The highest BCUT2D eigenvalue weighted by atomic mass is 16.5. The molecule has 1 atom stereocenters. The van der Waals surface area contributed by atoms with E-state index in [0.29, 0.717) is 12.1 Å². The number of anilines is 1. The summed E-state index contributed by atoms with van der Waals surface area (Å²) in [5, 5.41) is 14.1. The Labute approximate surface area is 197 Å². The van der Waals surface area contributed by atoms with E-state index in [-0.39, 0.29) is 24.9 Å². The maximum Gasteiger partial charge on any atom is 0.411 e. The predicted molar refractivity (Wildman–Crippen MR) is 129 cm³/mol. The molecular weight excluding hydrogens is 432 g/mol. The zero-order valence-corrected chi connectivity index (χ0v) is 18.8. The van der Waals surface area contributed by atoms with E-state index < -0.39 is 18.1 Å². The van der Waals surface area contributed by atoms with Crippen molar-refractivity contribution >= 4 is 23.7 Å². The molecule has 3 N–H and O–H groups in total. The number of rotatable bonds is 8. The fraction of sp³-hybridized carbons (Fsp3) is 0.222. The number of aryl methyl sites for hydroxylation is 1. The van der Waals surface area contributed by atoms with Crippen LogP contribution in [-0.2, 0) is 20.7 Å². The summed E-state index contributed by atoms with van der Waals surface area (Å²) in [6.07, 6.45) is -0.128. The molecule has 1 unspecified atom stereocenters. The summed E-state index contributed by atoms with van der Waals surface area (Å²) in [6.45, 7) is 1.62. The first-order valence-electron chi connectivity index (χ1n) is 11.2. The Morgan fingerprint density at radius 1 is 0.912 bits per heavy atom. The molecule has 7 nitrogen and oxygen atoms in total. The van der Waals surface area contributed by atoms with Crippen LogP contribution >= 0.6 is 0 Å². The number of carbonyl (C=O) groups is 3. The monoisotopic (exact) mass is 458 g/mol. The third kappa shape index (κ3) is 5.09. The van der Waals surface area contributed by atoms with Gasteiger partial charge in [-0.2, -0.15) is 0 Å². The first kappa shape index (κ1) is 23.0. The van der Waals surface area contributed by atoms with Crippen LogP contribution in [0.5, 0.6) is 0 Å². The third-order valence-electron chi connectivity index (χ3n) is 5.97. The van der Waals surface area contributed by atoms with Gasteiger partial charge >= 0.3 is 12.1 Å². The van der Waals surface area contributed by atoms with Crippen LogP contribution in [0.4, 0.5) is 10.5 Å². The largest absolute Gasteiger partial charge is 0.480 e. The van der Waals surface area contributed by atoms with Crippen LogP contribution < -0.4 is 10.6 Å². The van der Waals surface area contributed by atoms with E-state index in [1.54, 1.807) is 12.1 Å². The highest BCUT2D eigenvalue weighted by molar-refractivity contribution is 5.87. The van der Waals surface area contributed by atoms with E-state index >= 15 is 0 Å². The standard InChI is InChI=1S/C27H26N2O5/c1-17(26(31)32)28-25(30)15-14-18-8-2-7-13-24(18)29-27(33)34-16-23-21-11-5-3-9-19(21)20-10-4-6-12-22(20)23/h2-13,17,23H,14-16H2,1H3,(H,28,30)(H,29,33)(H,31,32). The number of hydrogen-bond acceptors (Lipinski definition) is 4. The number of carbonyl (C=O) groups excluding carboxylic acids is 2.